The van der Waals surface area contributed by atoms with Gasteiger partial charge in [0.15, 0.2) is 5.16 Å². The molecule has 0 bridgehead atoms. The lowest BCUT2D eigenvalue weighted by atomic mass is 10.1. The van der Waals surface area contributed by atoms with Gasteiger partial charge in [-0.25, -0.2) is 0 Å². The summed E-state index contributed by atoms with van der Waals surface area (Å²) in [5.41, 5.74) is 2.30. The van der Waals surface area contributed by atoms with Gasteiger partial charge in [0.05, 0.1) is 12.7 Å². The Balaban J connectivity index is 1.45. The normalized spacial score (nSPS) is 12.1. The fourth-order valence-electron chi connectivity index (χ4n) is 2.48. The van der Waals surface area contributed by atoms with Gasteiger partial charge in [-0.2, -0.15) is 0 Å². The van der Waals surface area contributed by atoms with Crippen molar-refractivity contribution >= 4 is 11.8 Å². The first-order chi connectivity index (χ1) is 13.3. The first-order valence-electron chi connectivity index (χ1n) is 8.72. The minimum absolute atomic E-state index is 0.226. The van der Waals surface area contributed by atoms with E-state index in [-0.39, 0.29) is 6.61 Å². The number of hydrogen-bond donors (Lipinski definition) is 1. The number of rotatable bonds is 10. The van der Waals surface area contributed by atoms with Gasteiger partial charge in [0, 0.05) is 19.4 Å². The number of thioether (sulfide) groups is 1. The van der Waals surface area contributed by atoms with Crippen LogP contribution in [0, 0.1) is 0 Å². The molecule has 0 aliphatic heterocycles. The van der Waals surface area contributed by atoms with Gasteiger partial charge in [-0.05, 0) is 23.3 Å². The third-order valence-electron chi connectivity index (χ3n) is 3.92. The van der Waals surface area contributed by atoms with Crippen molar-refractivity contribution in [1.82, 2.24) is 14.8 Å². The zero-order chi connectivity index (χ0) is 18.9. The van der Waals surface area contributed by atoms with E-state index in [1.807, 2.05) is 47.0 Å². The number of aromatic nitrogens is 3. The molecule has 0 saturated heterocycles. The Kier molecular flexibility index (Phi) is 7.27. The van der Waals surface area contributed by atoms with Crippen LogP contribution in [0.1, 0.15) is 0 Å². The molecular weight excluding hydrogens is 362 g/mol. The van der Waals surface area contributed by atoms with Crippen molar-refractivity contribution in [2.45, 2.75) is 17.8 Å². The fraction of sp³-hybridized carbons (Fsp3) is 0.300. The zero-order valence-electron chi connectivity index (χ0n) is 15.2. The third-order valence-corrected chi connectivity index (χ3v) is 5.05. The maximum absolute atomic E-state index is 10.2. The lowest BCUT2D eigenvalue weighted by Crippen LogP contribution is -2.20. The topological polar surface area (TPSA) is 69.4 Å². The molecule has 1 atom stereocenters. The van der Waals surface area contributed by atoms with Crippen molar-refractivity contribution in [3.05, 3.63) is 60.9 Å². The molecule has 0 fully saturated rings. The van der Waals surface area contributed by atoms with E-state index in [0.29, 0.717) is 18.9 Å². The van der Waals surface area contributed by atoms with Crippen LogP contribution in [-0.4, -0.2) is 52.1 Å². The van der Waals surface area contributed by atoms with E-state index < -0.39 is 6.10 Å². The molecule has 0 radical (unpaired) electrons. The average Bonchev–Trinajstić information content (AvgIpc) is 3.17. The number of ether oxygens (including phenoxy) is 2. The largest absolute Gasteiger partial charge is 0.491 e. The Morgan fingerprint density at radius 1 is 1.07 bits per heavy atom. The predicted octanol–water partition coefficient (Wildman–Crippen LogP) is 3.12. The third kappa shape index (κ3) is 5.82. The van der Waals surface area contributed by atoms with Crippen LogP contribution in [0.25, 0.3) is 11.1 Å². The first kappa shape index (κ1) is 19.4. The van der Waals surface area contributed by atoms with Crippen molar-refractivity contribution < 1.29 is 14.6 Å². The van der Waals surface area contributed by atoms with Gasteiger partial charge < -0.3 is 19.1 Å². The summed E-state index contributed by atoms with van der Waals surface area (Å²) in [5, 5.41) is 18.9. The van der Waals surface area contributed by atoms with Crippen LogP contribution in [-0.2, 0) is 11.3 Å². The van der Waals surface area contributed by atoms with E-state index in [1.54, 1.807) is 13.4 Å². The SMILES string of the molecule is COCCn1cnnc1SCC(O)COc1ccc(-c2ccccc2)cc1. The van der Waals surface area contributed by atoms with Crippen LogP contribution in [0.15, 0.2) is 66.1 Å². The summed E-state index contributed by atoms with van der Waals surface area (Å²) in [6, 6.07) is 18.1. The second kappa shape index (κ2) is 10.1. The second-order valence-electron chi connectivity index (χ2n) is 5.97. The van der Waals surface area contributed by atoms with Crippen molar-refractivity contribution in [3.8, 4) is 16.9 Å². The van der Waals surface area contributed by atoms with Crippen LogP contribution < -0.4 is 4.74 Å². The van der Waals surface area contributed by atoms with E-state index in [1.165, 1.54) is 11.8 Å². The van der Waals surface area contributed by atoms with Gasteiger partial charge in [0.25, 0.3) is 0 Å². The molecule has 1 N–H and O–H groups in total. The average molecular weight is 385 g/mol. The van der Waals surface area contributed by atoms with Crippen LogP contribution >= 0.6 is 11.8 Å². The quantitative estimate of drug-likeness (QED) is 0.541. The van der Waals surface area contributed by atoms with Crippen molar-refractivity contribution in [2.24, 2.45) is 0 Å². The van der Waals surface area contributed by atoms with Crippen LogP contribution in [0.4, 0.5) is 0 Å². The van der Waals surface area contributed by atoms with E-state index >= 15 is 0 Å². The Hall–Kier alpha value is -2.35. The molecule has 1 heterocycles. The summed E-state index contributed by atoms with van der Waals surface area (Å²) in [4.78, 5) is 0. The number of aliphatic hydroxyl groups excluding tert-OH is 1. The van der Waals surface area contributed by atoms with E-state index in [9.17, 15) is 5.11 Å². The number of methoxy groups -OCH3 is 1. The van der Waals surface area contributed by atoms with Crippen molar-refractivity contribution in [2.75, 3.05) is 26.1 Å². The van der Waals surface area contributed by atoms with Gasteiger partial charge in [-0.3, -0.25) is 0 Å². The molecule has 0 amide bonds. The molecule has 1 aromatic heterocycles. The maximum atomic E-state index is 10.2. The summed E-state index contributed by atoms with van der Waals surface area (Å²) in [5.74, 6) is 1.22. The molecule has 142 valence electrons. The molecule has 0 saturated carbocycles. The maximum Gasteiger partial charge on any atom is 0.191 e. The Labute approximate surface area is 163 Å². The van der Waals surface area contributed by atoms with Gasteiger partial charge in [0.1, 0.15) is 18.7 Å². The van der Waals surface area contributed by atoms with Crippen molar-refractivity contribution in [1.29, 1.82) is 0 Å². The van der Waals surface area contributed by atoms with Crippen molar-refractivity contribution in [3.63, 3.8) is 0 Å². The van der Waals surface area contributed by atoms with Crippen LogP contribution in [0.3, 0.4) is 0 Å². The molecule has 7 heteroatoms. The second-order valence-corrected chi connectivity index (χ2v) is 6.95. The number of benzene rings is 2. The minimum Gasteiger partial charge on any atom is -0.491 e. The fourth-order valence-corrected chi connectivity index (χ4v) is 3.33. The first-order valence-corrected chi connectivity index (χ1v) is 9.70. The van der Waals surface area contributed by atoms with Crippen LogP contribution in [0.2, 0.25) is 0 Å². The summed E-state index contributed by atoms with van der Waals surface area (Å²) in [6.45, 7) is 1.51. The molecule has 3 rings (SSSR count). The predicted molar refractivity (Wildman–Crippen MR) is 106 cm³/mol. The zero-order valence-corrected chi connectivity index (χ0v) is 16.0. The molecule has 2 aromatic carbocycles. The Morgan fingerprint density at radius 2 is 1.81 bits per heavy atom. The van der Waals surface area contributed by atoms with Gasteiger partial charge >= 0.3 is 0 Å². The summed E-state index contributed by atoms with van der Waals surface area (Å²) in [6.07, 6.45) is 1.06. The highest BCUT2D eigenvalue weighted by molar-refractivity contribution is 7.99. The molecule has 1 unspecified atom stereocenters. The number of aliphatic hydroxyl groups is 1. The summed E-state index contributed by atoms with van der Waals surface area (Å²) < 4.78 is 12.7. The van der Waals surface area contributed by atoms with E-state index in [4.69, 9.17) is 9.47 Å². The molecule has 0 aliphatic carbocycles. The van der Waals surface area contributed by atoms with Gasteiger partial charge in [0.2, 0.25) is 0 Å². The highest BCUT2D eigenvalue weighted by Crippen LogP contribution is 2.22. The van der Waals surface area contributed by atoms with E-state index in [0.717, 1.165) is 22.0 Å². The Morgan fingerprint density at radius 3 is 2.56 bits per heavy atom. The molecule has 0 aliphatic rings. The van der Waals surface area contributed by atoms with Crippen LogP contribution in [0.5, 0.6) is 5.75 Å². The van der Waals surface area contributed by atoms with E-state index in [2.05, 4.69) is 22.3 Å². The number of hydrogen-bond acceptors (Lipinski definition) is 6. The summed E-state index contributed by atoms with van der Waals surface area (Å²) >= 11 is 1.45. The smallest absolute Gasteiger partial charge is 0.191 e. The standard InChI is InChI=1S/C20H23N3O3S/c1-25-12-11-23-15-21-22-20(23)27-14-18(24)13-26-19-9-7-17(8-10-19)16-5-3-2-4-6-16/h2-10,15,18,24H,11-14H2,1H3. The molecule has 0 spiro atoms. The lowest BCUT2D eigenvalue weighted by Gasteiger charge is -2.12. The molecule has 3 aromatic rings. The molecular formula is C20H23N3O3S. The lowest BCUT2D eigenvalue weighted by molar-refractivity contribution is 0.126. The highest BCUT2D eigenvalue weighted by Gasteiger charge is 2.11. The number of nitrogens with zero attached hydrogens (tertiary/aromatic N) is 3. The monoisotopic (exact) mass is 385 g/mol. The minimum atomic E-state index is -0.601. The molecule has 27 heavy (non-hydrogen) atoms. The molecule has 6 nitrogen and oxygen atoms in total. The highest BCUT2D eigenvalue weighted by atomic mass is 32.2. The van der Waals surface area contributed by atoms with Gasteiger partial charge in [-0.15, -0.1) is 10.2 Å². The summed E-state index contributed by atoms with van der Waals surface area (Å²) in [7, 11) is 1.66. The Bertz CT molecular complexity index is 809. The van der Waals surface area contributed by atoms with Gasteiger partial charge in [-0.1, -0.05) is 54.2 Å².